The summed E-state index contributed by atoms with van der Waals surface area (Å²) in [5.74, 6) is 0.879. The molecular weight excluding hydrogens is 190 g/mol. The predicted molar refractivity (Wildman–Crippen MR) is 62.7 cm³/mol. The van der Waals surface area contributed by atoms with Crippen LogP contribution in [0.1, 0.15) is 44.2 Å². The largest absolute Gasteiger partial charge is 0.310 e. The number of thiophene rings is 1. The third-order valence-corrected chi connectivity index (χ3v) is 3.90. The summed E-state index contributed by atoms with van der Waals surface area (Å²) in [7, 11) is 0. The van der Waals surface area contributed by atoms with Gasteiger partial charge in [-0.25, -0.2) is 0 Å². The third-order valence-electron chi connectivity index (χ3n) is 3.20. The lowest BCUT2D eigenvalue weighted by Gasteiger charge is -2.23. The lowest BCUT2D eigenvalue weighted by Crippen LogP contribution is -2.26. The Morgan fingerprint density at radius 3 is 2.86 bits per heavy atom. The highest BCUT2D eigenvalue weighted by atomic mass is 32.1. The molecule has 1 fully saturated rings. The molecular formula is C12H19NS. The Bertz CT molecular complexity index is 249. The van der Waals surface area contributed by atoms with Crippen LogP contribution in [0.2, 0.25) is 0 Å². The van der Waals surface area contributed by atoms with Crippen LogP contribution in [-0.4, -0.2) is 6.54 Å². The van der Waals surface area contributed by atoms with Crippen molar-refractivity contribution in [3.05, 3.63) is 22.4 Å². The lowest BCUT2D eigenvalue weighted by molar-refractivity contribution is 0.375. The fourth-order valence-corrected chi connectivity index (χ4v) is 3.22. The standard InChI is InChI=1S/C12H19NS/c1-2-13-12(10-5-3-4-6-10)11-7-8-14-9-11/h7-10,12-13H,2-6H2,1H3. The van der Waals surface area contributed by atoms with Crippen LogP contribution in [0, 0.1) is 5.92 Å². The van der Waals surface area contributed by atoms with E-state index in [0.29, 0.717) is 6.04 Å². The SMILES string of the molecule is CCNC(c1ccsc1)C1CCCC1. The quantitative estimate of drug-likeness (QED) is 0.799. The van der Waals surface area contributed by atoms with Crippen LogP contribution in [0.3, 0.4) is 0 Å². The van der Waals surface area contributed by atoms with Gasteiger partial charge in [0, 0.05) is 6.04 Å². The summed E-state index contributed by atoms with van der Waals surface area (Å²) in [5.41, 5.74) is 1.50. The predicted octanol–water partition coefficient (Wildman–Crippen LogP) is 3.59. The van der Waals surface area contributed by atoms with Crippen molar-refractivity contribution in [2.45, 2.75) is 38.6 Å². The minimum atomic E-state index is 0.619. The zero-order valence-corrected chi connectivity index (χ0v) is 9.65. The highest BCUT2D eigenvalue weighted by molar-refractivity contribution is 7.07. The molecule has 0 amide bonds. The van der Waals surface area contributed by atoms with Gasteiger partial charge in [0.05, 0.1) is 0 Å². The van der Waals surface area contributed by atoms with Gasteiger partial charge in [-0.3, -0.25) is 0 Å². The van der Waals surface area contributed by atoms with Crippen LogP contribution in [-0.2, 0) is 0 Å². The molecule has 0 aliphatic heterocycles. The minimum absolute atomic E-state index is 0.619. The highest BCUT2D eigenvalue weighted by Crippen LogP contribution is 2.36. The molecule has 0 saturated heterocycles. The summed E-state index contributed by atoms with van der Waals surface area (Å²) in [6.45, 7) is 3.28. The number of hydrogen-bond acceptors (Lipinski definition) is 2. The van der Waals surface area contributed by atoms with E-state index in [1.54, 1.807) is 0 Å². The molecule has 1 atom stereocenters. The van der Waals surface area contributed by atoms with E-state index in [2.05, 4.69) is 29.1 Å². The summed E-state index contributed by atoms with van der Waals surface area (Å²) < 4.78 is 0. The molecule has 0 bridgehead atoms. The normalized spacial score (nSPS) is 20.1. The first kappa shape index (κ1) is 10.2. The van der Waals surface area contributed by atoms with Crippen LogP contribution in [0.5, 0.6) is 0 Å². The maximum absolute atomic E-state index is 3.63. The van der Waals surface area contributed by atoms with Gasteiger partial charge in [-0.2, -0.15) is 11.3 Å². The fraction of sp³-hybridized carbons (Fsp3) is 0.667. The van der Waals surface area contributed by atoms with Gasteiger partial charge < -0.3 is 5.32 Å². The smallest absolute Gasteiger partial charge is 0.0356 e. The first-order valence-corrected chi connectivity index (χ1v) is 6.61. The second-order valence-corrected chi connectivity index (χ2v) is 4.92. The highest BCUT2D eigenvalue weighted by Gasteiger charge is 2.25. The van der Waals surface area contributed by atoms with Gasteiger partial charge in [0.25, 0.3) is 0 Å². The Balaban J connectivity index is 2.06. The summed E-state index contributed by atoms with van der Waals surface area (Å²) in [6, 6.07) is 2.89. The second kappa shape index (κ2) is 4.94. The molecule has 2 heteroatoms. The Hall–Kier alpha value is -0.340. The number of nitrogens with one attached hydrogen (secondary N) is 1. The molecule has 1 nitrogen and oxygen atoms in total. The van der Waals surface area contributed by atoms with Crippen LogP contribution in [0.25, 0.3) is 0 Å². The average Bonchev–Trinajstić information content (AvgIpc) is 2.87. The Kier molecular flexibility index (Phi) is 3.60. The zero-order chi connectivity index (χ0) is 9.80. The van der Waals surface area contributed by atoms with E-state index in [1.807, 2.05) is 11.3 Å². The first-order valence-electron chi connectivity index (χ1n) is 5.67. The van der Waals surface area contributed by atoms with E-state index < -0.39 is 0 Å². The van der Waals surface area contributed by atoms with Gasteiger partial charge in [-0.05, 0) is 47.7 Å². The third kappa shape index (κ3) is 2.18. The molecule has 1 heterocycles. The summed E-state index contributed by atoms with van der Waals surface area (Å²) in [5, 5.41) is 8.12. The molecule has 0 radical (unpaired) electrons. The molecule has 14 heavy (non-hydrogen) atoms. The zero-order valence-electron chi connectivity index (χ0n) is 8.83. The Morgan fingerprint density at radius 1 is 1.50 bits per heavy atom. The molecule has 1 aliphatic carbocycles. The summed E-state index contributed by atoms with van der Waals surface area (Å²) in [6.07, 6.45) is 5.68. The van der Waals surface area contributed by atoms with Crippen molar-refractivity contribution < 1.29 is 0 Å². The molecule has 2 rings (SSSR count). The second-order valence-electron chi connectivity index (χ2n) is 4.14. The van der Waals surface area contributed by atoms with Crippen molar-refractivity contribution >= 4 is 11.3 Å². The number of hydrogen-bond donors (Lipinski definition) is 1. The van der Waals surface area contributed by atoms with E-state index in [4.69, 9.17) is 0 Å². The lowest BCUT2D eigenvalue weighted by atomic mass is 9.93. The van der Waals surface area contributed by atoms with Crippen LogP contribution in [0.15, 0.2) is 16.8 Å². The van der Waals surface area contributed by atoms with Gasteiger partial charge in [-0.15, -0.1) is 0 Å². The van der Waals surface area contributed by atoms with Crippen LogP contribution in [0.4, 0.5) is 0 Å². The van der Waals surface area contributed by atoms with E-state index in [-0.39, 0.29) is 0 Å². The maximum atomic E-state index is 3.63. The van der Waals surface area contributed by atoms with Crippen LogP contribution >= 0.6 is 11.3 Å². The van der Waals surface area contributed by atoms with Crippen molar-refractivity contribution in [3.63, 3.8) is 0 Å². The summed E-state index contributed by atoms with van der Waals surface area (Å²) >= 11 is 1.81. The molecule has 1 aliphatic rings. The van der Waals surface area contributed by atoms with Gasteiger partial charge in [0.2, 0.25) is 0 Å². The van der Waals surface area contributed by atoms with E-state index in [0.717, 1.165) is 12.5 Å². The van der Waals surface area contributed by atoms with Gasteiger partial charge in [-0.1, -0.05) is 19.8 Å². The average molecular weight is 209 g/mol. The van der Waals surface area contributed by atoms with E-state index in [1.165, 1.54) is 31.2 Å². The minimum Gasteiger partial charge on any atom is -0.310 e. The number of rotatable bonds is 4. The Labute approximate surface area is 90.5 Å². The van der Waals surface area contributed by atoms with Gasteiger partial charge >= 0.3 is 0 Å². The molecule has 1 aromatic rings. The molecule has 0 spiro atoms. The Morgan fingerprint density at radius 2 is 2.29 bits per heavy atom. The van der Waals surface area contributed by atoms with E-state index >= 15 is 0 Å². The molecule has 1 saturated carbocycles. The van der Waals surface area contributed by atoms with Gasteiger partial charge in [0.1, 0.15) is 0 Å². The molecule has 78 valence electrons. The van der Waals surface area contributed by atoms with Crippen molar-refractivity contribution in [2.24, 2.45) is 5.92 Å². The van der Waals surface area contributed by atoms with Crippen molar-refractivity contribution in [1.29, 1.82) is 0 Å². The van der Waals surface area contributed by atoms with Crippen molar-refractivity contribution in [3.8, 4) is 0 Å². The maximum Gasteiger partial charge on any atom is 0.0356 e. The van der Waals surface area contributed by atoms with Crippen molar-refractivity contribution in [2.75, 3.05) is 6.54 Å². The molecule has 1 unspecified atom stereocenters. The fourth-order valence-electron chi connectivity index (χ4n) is 2.52. The molecule has 1 N–H and O–H groups in total. The summed E-state index contributed by atoms with van der Waals surface area (Å²) in [4.78, 5) is 0. The molecule has 0 aromatic carbocycles. The first-order chi connectivity index (χ1) is 6.92. The molecule has 1 aromatic heterocycles. The van der Waals surface area contributed by atoms with Crippen LogP contribution < -0.4 is 5.32 Å². The monoisotopic (exact) mass is 209 g/mol. The van der Waals surface area contributed by atoms with E-state index in [9.17, 15) is 0 Å². The topological polar surface area (TPSA) is 12.0 Å². The van der Waals surface area contributed by atoms with Gasteiger partial charge in [0.15, 0.2) is 0 Å². The van der Waals surface area contributed by atoms with Crippen molar-refractivity contribution in [1.82, 2.24) is 5.32 Å².